The predicted molar refractivity (Wildman–Crippen MR) is 122 cm³/mol. The molecule has 2 aliphatic rings. The fourth-order valence-electron chi connectivity index (χ4n) is 4.29. The molecule has 0 fully saturated rings. The number of furan rings is 1. The molecule has 0 saturated heterocycles. The van der Waals surface area contributed by atoms with Gasteiger partial charge in [-0.2, -0.15) is 5.26 Å². The minimum absolute atomic E-state index is 0.0414. The minimum atomic E-state index is -0.617. The second-order valence-corrected chi connectivity index (χ2v) is 9.60. The van der Waals surface area contributed by atoms with Gasteiger partial charge in [-0.15, -0.1) is 0 Å². The Morgan fingerprint density at radius 2 is 2.16 bits per heavy atom. The number of Topliss-reactive ketones (excluding diaryl/α,β-unsaturated/α-hetero) is 1. The van der Waals surface area contributed by atoms with Crippen molar-refractivity contribution in [3.8, 4) is 6.07 Å². The number of aryl methyl sites for hydroxylation is 1. The number of halogens is 2. The van der Waals surface area contributed by atoms with Crippen LogP contribution in [0.4, 0.5) is 10.1 Å². The van der Waals surface area contributed by atoms with E-state index in [4.69, 9.17) is 10.2 Å². The number of ketones is 1. The Labute approximate surface area is 192 Å². The van der Waals surface area contributed by atoms with Crippen LogP contribution in [0.3, 0.4) is 0 Å². The molecule has 0 bridgehead atoms. The number of carbonyl (C=O) groups is 1. The Bertz CT molecular complexity index is 1180. The highest BCUT2D eigenvalue weighted by molar-refractivity contribution is 9.10. The quantitative estimate of drug-likeness (QED) is 0.524. The molecule has 1 aromatic carbocycles. The van der Waals surface area contributed by atoms with Crippen molar-refractivity contribution in [1.82, 2.24) is 0 Å². The molecule has 1 aliphatic heterocycles. The molecule has 1 aromatic heterocycles. The van der Waals surface area contributed by atoms with Gasteiger partial charge in [0.15, 0.2) is 10.9 Å². The van der Waals surface area contributed by atoms with Crippen molar-refractivity contribution in [2.24, 2.45) is 5.73 Å². The van der Waals surface area contributed by atoms with Gasteiger partial charge in [0.2, 0.25) is 0 Å². The zero-order chi connectivity index (χ0) is 22.3. The topological polar surface area (TPSA) is 83.3 Å². The summed E-state index contributed by atoms with van der Waals surface area (Å²) in [5, 5.41) is 10.8. The van der Waals surface area contributed by atoms with E-state index in [1.54, 1.807) is 17.0 Å². The molecule has 31 heavy (non-hydrogen) atoms. The number of rotatable bonds is 4. The molecular formula is C23H21BrFN3O2S. The normalized spacial score (nSPS) is 19.0. The maximum atomic E-state index is 14.9. The minimum Gasteiger partial charge on any atom is -0.455 e. The van der Waals surface area contributed by atoms with Crippen LogP contribution in [0.5, 0.6) is 0 Å². The first-order valence-corrected chi connectivity index (χ1v) is 11.8. The smallest absolute Gasteiger partial charge is 0.164 e. The third kappa shape index (κ3) is 3.70. The molecule has 1 atom stereocenters. The molecule has 2 aromatic rings. The molecule has 2 heterocycles. The number of benzene rings is 1. The van der Waals surface area contributed by atoms with Crippen LogP contribution in [0, 0.1) is 24.1 Å². The summed E-state index contributed by atoms with van der Waals surface area (Å²) in [5.41, 5.74) is 8.90. The molecule has 1 aliphatic carbocycles. The summed E-state index contributed by atoms with van der Waals surface area (Å²) in [6, 6.07) is 8.74. The fraction of sp³-hybridized carbons (Fsp3) is 0.304. The van der Waals surface area contributed by atoms with Crippen LogP contribution in [0.25, 0.3) is 0 Å². The van der Waals surface area contributed by atoms with Crippen LogP contribution in [0.15, 0.2) is 60.9 Å². The first-order valence-electron chi connectivity index (χ1n) is 10.0. The Hall–Kier alpha value is -2.50. The maximum absolute atomic E-state index is 14.9. The first-order chi connectivity index (χ1) is 14.9. The molecule has 4 rings (SSSR count). The van der Waals surface area contributed by atoms with Crippen molar-refractivity contribution < 1.29 is 13.6 Å². The summed E-state index contributed by atoms with van der Waals surface area (Å²) in [4.78, 5) is 14.7. The molecule has 0 amide bonds. The second kappa shape index (κ2) is 8.56. The Balaban J connectivity index is 1.99. The van der Waals surface area contributed by atoms with Crippen LogP contribution < -0.4 is 10.6 Å². The second-order valence-electron chi connectivity index (χ2n) is 7.44. The fourth-order valence-corrected chi connectivity index (χ4v) is 5.42. The maximum Gasteiger partial charge on any atom is 0.164 e. The van der Waals surface area contributed by atoms with Gasteiger partial charge in [0, 0.05) is 27.7 Å². The van der Waals surface area contributed by atoms with E-state index in [0.29, 0.717) is 45.9 Å². The zero-order valence-corrected chi connectivity index (χ0v) is 19.6. The van der Waals surface area contributed by atoms with Gasteiger partial charge in [-0.1, -0.05) is 34.6 Å². The molecule has 2 N–H and O–H groups in total. The van der Waals surface area contributed by atoms with E-state index in [1.807, 2.05) is 19.9 Å². The predicted octanol–water partition coefficient (Wildman–Crippen LogP) is 5.91. The molecule has 5 nitrogen and oxygen atoms in total. The van der Waals surface area contributed by atoms with Crippen LogP contribution >= 0.6 is 27.7 Å². The zero-order valence-electron chi connectivity index (χ0n) is 17.2. The summed E-state index contributed by atoms with van der Waals surface area (Å²) in [6.45, 7) is 3.85. The Kier molecular flexibility index (Phi) is 6.00. The summed E-state index contributed by atoms with van der Waals surface area (Å²) in [5.74, 6) is 0.486. The van der Waals surface area contributed by atoms with Crippen molar-refractivity contribution in [2.75, 3.05) is 10.7 Å². The lowest BCUT2D eigenvalue weighted by atomic mass is 9.76. The van der Waals surface area contributed by atoms with Crippen molar-refractivity contribution in [2.45, 2.75) is 44.1 Å². The summed E-state index contributed by atoms with van der Waals surface area (Å²) in [7, 11) is 0. The van der Waals surface area contributed by atoms with Gasteiger partial charge in [-0.25, -0.2) is 4.39 Å². The van der Waals surface area contributed by atoms with Gasteiger partial charge in [-0.3, -0.25) is 9.69 Å². The summed E-state index contributed by atoms with van der Waals surface area (Å²) in [6.07, 6.45) is 1.60. The Morgan fingerprint density at radius 3 is 2.84 bits per heavy atom. The average molecular weight is 502 g/mol. The van der Waals surface area contributed by atoms with E-state index < -0.39 is 11.7 Å². The van der Waals surface area contributed by atoms with E-state index in [2.05, 4.69) is 22.0 Å². The third-order valence-corrected chi connectivity index (χ3v) is 6.86. The van der Waals surface area contributed by atoms with E-state index >= 15 is 0 Å². The van der Waals surface area contributed by atoms with E-state index in [0.717, 1.165) is 11.3 Å². The number of nitriles is 1. The van der Waals surface area contributed by atoms with Crippen LogP contribution in [-0.2, 0) is 4.79 Å². The average Bonchev–Trinajstić information content (AvgIpc) is 3.08. The first kappa shape index (κ1) is 21.7. The Morgan fingerprint density at radius 1 is 1.39 bits per heavy atom. The van der Waals surface area contributed by atoms with E-state index in [9.17, 15) is 14.4 Å². The number of hydrogen-bond donors (Lipinski definition) is 1. The van der Waals surface area contributed by atoms with Crippen molar-refractivity contribution in [3.05, 3.63) is 68.5 Å². The van der Waals surface area contributed by atoms with Gasteiger partial charge in [0.05, 0.1) is 23.2 Å². The summed E-state index contributed by atoms with van der Waals surface area (Å²) < 4.78 is 21.4. The third-order valence-electron chi connectivity index (χ3n) is 5.50. The molecule has 0 radical (unpaired) electrons. The van der Waals surface area contributed by atoms with E-state index in [1.165, 1.54) is 17.8 Å². The highest BCUT2D eigenvalue weighted by Gasteiger charge is 2.42. The highest BCUT2D eigenvalue weighted by Crippen LogP contribution is 2.49. The molecule has 1 unspecified atom stereocenters. The van der Waals surface area contributed by atoms with Gasteiger partial charge < -0.3 is 10.2 Å². The molecule has 8 heteroatoms. The number of allylic oxidation sites excluding steroid dienone is 3. The van der Waals surface area contributed by atoms with Crippen LogP contribution in [0.2, 0.25) is 0 Å². The number of hydrogen-bond acceptors (Lipinski definition) is 6. The largest absolute Gasteiger partial charge is 0.455 e. The molecular weight excluding hydrogens is 481 g/mol. The molecule has 160 valence electrons. The van der Waals surface area contributed by atoms with Crippen LogP contribution in [0.1, 0.15) is 43.4 Å². The number of anilines is 1. The van der Waals surface area contributed by atoms with Crippen LogP contribution in [-0.4, -0.2) is 11.5 Å². The monoisotopic (exact) mass is 501 g/mol. The van der Waals surface area contributed by atoms with E-state index in [-0.39, 0.29) is 22.9 Å². The van der Waals surface area contributed by atoms with Gasteiger partial charge in [0.25, 0.3) is 0 Å². The van der Waals surface area contributed by atoms with Gasteiger partial charge in [-0.05, 0) is 49.8 Å². The summed E-state index contributed by atoms with van der Waals surface area (Å²) >= 11 is 4.79. The standard InChI is InChI=1S/C23H21BrFN3O2S/c1-3-31-23-14(9-12(2)30-23)20-15(11-26)22(27)28(17-8-7-13(24)10-16(17)25)18-5-4-6-19(29)21(18)20/h7-10,20H,3-6,27H2,1-2H3. The van der Waals surface area contributed by atoms with Gasteiger partial charge in [0.1, 0.15) is 17.4 Å². The number of thioether (sulfide) groups is 1. The highest BCUT2D eigenvalue weighted by atomic mass is 79.9. The lowest BCUT2D eigenvalue weighted by molar-refractivity contribution is -0.116. The lowest BCUT2D eigenvalue weighted by Crippen LogP contribution is -2.39. The molecule has 0 saturated carbocycles. The number of nitrogens with zero attached hydrogens (tertiary/aromatic N) is 2. The number of nitrogens with two attached hydrogens (primary N) is 1. The van der Waals surface area contributed by atoms with Crippen molar-refractivity contribution in [3.63, 3.8) is 0 Å². The van der Waals surface area contributed by atoms with Crippen molar-refractivity contribution >= 4 is 39.2 Å². The lowest BCUT2D eigenvalue weighted by Gasteiger charge is -2.39. The SMILES string of the molecule is CCSc1oc(C)cc1C1C(C#N)=C(N)N(c2ccc(Br)cc2F)C2=C1C(=O)CCC2. The molecule has 0 spiro atoms. The van der Waals surface area contributed by atoms with Gasteiger partial charge >= 0.3 is 0 Å². The number of carbonyl (C=O) groups excluding carboxylic acids is 1. The van der Waals surface area contributed by atoms with Crippen molar-refractivity contribution in [1.29, 1.82) is 5.26 Å².